The second kappa shape index (κ2) is 35.4. The number of amides is 7. The molecular weight excluding hydrogens is 1030 g/mol. The van der Waals surface area contributed by atoms with E-state index in [9.17, 15) is 53.0 Å². The molecular formula is C50H83N10O14PS. The summed E-state index contributed by atoms with van der Waals surface area (Å²) >= 11 is 3.99. The third kappa shape index (κ3) is 25.0. The maximum atomic E-state index is 14.3. The standard InChI is InChI=1S/C50H83N10O14PS/c1-34(2)28-39(56-50(68)42-19-15-23-60(42)43(62)20-24-72-26-27-73-25-21-54-46(64)38(51)32-76)47(65)55-40(48(66)57-41(31-61)49(67)58-44(45(52)63)35(3)74-75(69,70)71)29-37-30-53-33-59(37)22-14-9-7-5-4-6-8-11-16-36-17-12-10-13-18-36/h10,12-13,17-18,30,33-35,38-42,44,61,76H,4-9,11,14-16,19-29,31-32,51H2,1-3H3,(H2,52,63)(H,54,64)(H,55,65)(H,56,68)(H,57,66)(H,58,67)(H2,69,70,71)/t35-,38+,39+,40+,41+,42+,44+/m1/s1. The maximum Gasteiger partial charge on any atom is 0.469 e. The Morgan fingerprint density at radius 1 is 0.816 bits per heavy atom. The molecule has 1 aliphatic rings. The molecule has 0 saturated carbocycles. The van der Waals surface area contributed by atoms with Gasteiger partial charge in [-0.2, -0.15) is 12.6 Å². The number of nitrogens with two attached hydrogens (primary N) is 2. The minimum atomic E-state index is -5.14. The predicted octanol–water partition coefficient (Wildman–Crippen LogP) is 0.537. The number of imidazole rings is 1. The first-order chi connectivity index (χ1) is 36.2. The van der Waals surface area contributed by atoms with Crippen molar-refractivity contribution in [1.29, 1.82) is 0 Å². The van der Waals surface area contributed by atoms with Crippen LogP contribution in [0.15, 0.2) is 42.9 Å². The number of nitrogens with zero attached hydrogens (tertiary/aromatic N) is 3. The number of primary amides is 1. The summed E-state index contributed by atoms with van der Waals surface area (Å²) in [5.41, 5.74) is 12.9. The lowest BCUT2D eigenvalue weighted by molar-refractivity contribution is -0.140. The highest BCUT2D eigenvalue weighted by Crippen LogP contribution is 2.38. The topological polar surface area (TPSA) is 358 Å². The number of ether oxygens (including phenoxy) is 2. The number of phosphoric ester groups is 1. The number of unbranched alkanes of at least 4 members (excludes halogenated alkanes) is 7. The zero-order valence-electron chi connectivity index (χ0n) is 44.1. The van der Waals surface area contributed by atoms with E-state index < -0.39 is 86.3 Å². The number of carbonyl (C=O) groups is 7. The van der Waals surface area contributed by atoms with Crippen molar-refractivity contribution in [2.45, 2.75) is 160 Å². The normalized spacial score (nSPS) is 16.0. The minimum absolute atomic E-state index is 0.0170. The van der Waals surface area contributed by atoms with Crippen LogP contribution >= 0.6 is 20.5 Å². The van der Waals surface area contributed by atoms with E-state index in [2.05, 4.69) is 73.0 Å². The molecule has 76 heavy (non-hydrogen) atoms. The first-order valence-electron chi connectivity index (χ1n) is 26.2. The molecule has 428 valence electrons. The van der Waals surface area contributed by atoms with Crippen molar-refractivity contribution < 1.29 is 67.0 Å². The van der Waals surface area contributed by atoms with Crippen LogP contribution in [0.4, 0.5) is 0 Å². The molecule has 1 aliphatic heterocycles. The molecule has 2 heterocycles. The van der Waals surface area contributed by atoms with Crippen LogP contribution in [0.25, 0.3) is 0 Å². The summed E-state index contributed by atoms with van der Waals surface area (Å²) in [6.45, 7) is 5.56. The van der Waals surface area contributed by atoms with Gasteiger partial charge in [-0.25, -0.2) is 9.55 Å². The molecule has 1 aromatic heterocycles. The molecule has 24 nitrogen and oxygen atoms in total. The van der Waals surface area contributed by atoms with Gasteiger partial charge in [0.1, 0.15) is 30.2 Å². The average molecular weight is 1110 g/mol. The molecule has 7 amide bonds. The second-order valence-corrected chi connectivity index (χ2v) is 20.9. The Kier molecular flexibility index (Phi) is 30.4. The summed E-state index contributed by atoms with van der Waals surface area (Å²) in [5, 5.41) is 23.0. The quantitative estimate of drug-likeness (QED) is 0.0247. The molecule has 0 unspecified atom stereocenters. The molecule has 1 saturated heterocycles. The molecule has 1 fully saturated rings. The lowest BCUT2D eigenvalue weighted by atomic mass is 10.0. The maximum absolute atomic E-state index is 14.3. The van der Waals surface area contributed by atoms with E-state index in [0.717, 1.165) is 58.3 Å². The second-order valence-electron chi connectivity index (χ2n) is 19.3. The van der Waals surface area contributed by atoms with Crippen LogP contribution < -0.4 is 38.1 Å². The third-order valence-electron chi connectivity index (χ3n) is 12.6. The van der Waals surface area contributed by atoms with Gasteiger partial charge < -0.3 is 71.9 Å². The van der Waals surface area contributed by atoms with Gasteiger partial charge in [-0.15, -0.1) is 0 Å². The fraction of sp³-hybridized carbons (Fsp3) is 0.680. The lowest BCUT2D eigenvalue weighted by Crippen LogP contribution is -2.61. The number of thiol groups is 1. The van der Waals surface area contributed by atoms with Crippen molar-refractivity contribution in [3.05, 3.63) is 54.1 Å². The van der Waals surface area contributed by atoms with E-state index in [0.29, 0.717) is 31.6 Å². The Hall–Kier alpha value is -4.98. The number of aliphatic hydroxyl groups is 1. The monoisotopic (exact) mass is 1110 g/mol. The van der Waals surface area contributed by atoms with Gasteiger partial charge in [0.25, 0.3) is 0 Å². The average Bonchev–Trinajstić information content (AvgIpc) is 4.06. The molecule has 1 aromatic carbocycles. The molecule has 0 spiro atoms. The van der Waals surface area contributed by atoms with Gasteiger partial charge in [-0.1, -0.05) is 82.7 Å². The Morgan fingerprint density at radius 2 is 1.43 bits per heavy atom. The van der Waals surface area contributed by atoms with Crippen LogP contribution in [0.5, 0.6) is 0 Å². The molecule has 0 bridgehead atoms. The molecule has 12 N–H and O–H groups in total. The van der Waals surface area contributed by atoms with Crippen LogP contribution in [0.1, 0.15) is 109 Å². The van der Waals surface area contributed by atoms with Crippen LogP contribution in [-0.4, -0.2) is 165 Å². The zero-order chi connectivity index (χ0) is 56.0. The smallest absolute Gasteiger partial charge is 0.394 e. The molecule has 26 heteroatoms. The van der Waals surface area contributed by atoms with Crippen molar-refractivity contribution in [1.82, 2.24) is 41.0 Å². The number of nitrogens with one attached hydrogen (secondary N) is 5. The fourth-order valence-corrected chi connectivity index (χ4v) is 9.26. The number of likely N-dealkylation sites (tertiary alicyclic amines) is 1. The van der Waals surface area contributed by atoms with E-state index in [1.807, 2.05) is 24.5 Å². The highest BCUT2D eigenvalue weighted by molar-refractivity contribution is 7.80. The fourth-order valence-electron chi connectivity index (χ4n) is 8.54. The summed E-state index contributed by atoms with van der Waals surface area (Å²) in [4.78, 5) is 118. The Bertz CT molecular complexity index is 2150. The highest BCUT2D eigenvalue weighted by atomic mass is 32.1. The van der Waals surface area contributed by atoms with Gasteiger partial charge >= 0.3 is 7.82 Å². The SMILES string of the molecule is CC(C)C[C@H](NC(=O)[C@@H]1CCCN1C(=O)CCOCCOCCNC(=O)[C@@H](N)CS)C(=O)N[C@@H](Cc1cncn1CCCCCCCCCCc1ccccc1)C(=O)N[C@@H](CO)C(=O)N[C@H](C(N)=O)[C@@H](C)OP(=O)(O)O. The summed E-state index contributed by atoms with van der Waals surface area (Å²) in [7, 11) is -5.14. The largest absolute Gasteiger partial charge is 0.469 e. The van der Waals surface area contributed by atoms with Crippen LogP contribution in [-0.2, 0) is 71.5 Å². The minimum Gasteiger partial charge on any atom is -0.394 e. The first kappa shape index (κ1) is 65.3. The Morgan fingerprint density at radius 3 is 2.07 bits per heavy atom. The number of hydrogen-bond donors (Lipinski definition) is 11. The Balaban J connectivity index is 1.68. The number of phosphoric acid groups is 1. The van der Waals surface area contributed by atoms with Gasteiger partial charge in [-0.05, 0) is 56.9 Å². The van der Waals surface area contributed by atoms with E-state index >= 15 is 0 Å². The zero-order valence-corrected chi connectivity index (χ0v) is 45.9. The number of aliphatic hydroxyl groups excluding tert-OH is 1. The van der Waals surface area contributed by atoms with E-state index in [4.69, 9.17) is 20.9 Å². The van der Waals surface area contributed by atoms with Gasteiger partial charge in [0.15, 0.2) is 0 Å². The Labute approximate surface area is 451 Å². The van der Waals surface area contributed by atoms with Gasteiger partial charge in [-0.3, -0.25) is 38.1 Å². The summed E-state index contributed by atoms with van der Waals surface area (Å²) in [5.74, 6) is -5.22. The first-order valence-corrected chi connectivity index (χ1v) is 28.4. The van der Waals surface area contributed by atoms with Crippen molar-refractivity contribution in [3.63, 3.8) is 0 Å². The van der Waals surface area contributed by atoms with Crippen molar-refractivity contribution in [2.24, 2.45) is 17.4 Å². The summed E-state index contributed by atoms with van der Waals surface area (Å²) < 4.78 is 28.9. The number of benzene rings is 1. The molecule has 2 aromatic rings. The van der Waals surface area contributed by atoms with Gasteiger partial charge in [0.05, 0.1) is 57.9 Å². The van der Waals surface area contributed by atoms with Crippen molar-refractivity contribution in [2.75, 3.05) is 51.9 Å². The highest BCUT2D eigenvalue weighted by Gasteiger charge is 2.38. The number of rotatable bonds is 39. The van der Waals surface area contributed by atoms with Crippen molar-refractivity contribution in [3.8, 4) is 0 Å². The van der Waals surface area contributed by atoms with Gasteiger partial charge in [0, 0.05) is 43.7 Å². The molecule has 0 radical (unpaired) electrons. The van der Waals surface area contributed by atoms with Crippen LogP contribution in [0.2, 0.25) is 0 Å². The summed E-state index contributed by atoms with van der Waals surface area (Å²) in [6.07, 6.45) is 12.0. The van der Waals surface area contributed by atoms with E-state index in [1.165, 1.54) is 16.9 Å². The molecule has 3 rings (SSSR count). The van der Waals surface area contributed by atoms with E-state index in [-0.39, 0.29) is 75.7 Å². The van der Waals surface area contributed by atoms with Crippen molar-refractivity contribution >= 4 is 61.8 Å². The molecule has 7 atom stereocenters. The molecule has 0 aliphatic carbocycles. The third-order valence-corrected chi connectivity index (χ3v) is 13.6. The number of aryl methyl sites for hydroxylation is 2. The number of hydrogen-bond acceptors (Lipinski definition) is 15. The summed E-state index contributed by atoms with van der Waals surface area (Å²) in [6, 6.07) is 2.68. The van der Waals surface area contributed by atoms with E-state index in [1.54, 1.807) is 12.5 Å². The van der Waals surface area contributed by atoms with Gasteiger partial charge in [0.2, 0.25) is 41.4 Å². The number of aromatic nitrogens is 2. The predicted molar refractivity (Wildman–Crippen MR) is 285 cm³/mol. The number of carbonyl (C=O) groups excluding carboxylic acids is 7. The lowest BCUT2D eigenvalue weighted by Gasteiger charge is -2.29. The van der Waals surface area contributed by atoms with Crippen LogP contribution in [0.3, 0.4) is 0 Å². The van der Waals surface area contributed by atoms with Crippen LogP contribution in [0, 0.1) is 5.92 Å².